The highest BCUT2D eigenvalue weighted by Crippen LogP contribution is 2.19. The second-order valence-corrected chi connectivity index (χ2v) is 6.03. The van der Waals surface area contributed by atoms with Crippen molar-refractivity contribution in [3.05, 3.63) is 75.7 Å². The molecule has 0 bridgehead atoms. The quantitative estimate of drug-likeness (QED) is 0.690. The molecule has 0 fully saturated rings. The zero-order chi connectivity index (χ0) is 16.7. The van der Waals surface area contributed by atoms with Gasteiger partial charge in [0.1, 0.15) is 0 Å². The lowest BCUT2D eigenvalue weighted by Gasteiger charge is -2.14. The first-order chi connectivity index (χ1) is 11.2. The smallest absolute Gasteiger partial charge is 0.258 e. The molecule has 0 aliphatic rings. The fraction of sp³-hybridized carbons (Fsp3) is 0.381. The van der Waals surface area contributed by atoms with Gasteiger partial charge in [-0.2, -0.15) is 0 Å². The molecule has 0 radical (unpaired) electrons. The molecule has 0 unspecified atom stereocenters. The zero-order valence-electron chi connectivity index (χ0n) is 14.5. The van der Waals surface area contributed by atoms with Gasteiger partial charge in [-0.1, -0.05) is 63.1 Å². The van der Waals surface area contributed by atoms with E-state index in [1.54, 1.807) is 0 Å². The molecule has 0 atom stereocenters. The number of aromatic nitrogens is 1. The second-order valence-electron chi connectivity index (χ2n) is 6.03. The van der Waals surface area contributed by atoms with E-state index in [0.29, 0.717) is 6.54 Å². The number of benzene rings is 1. The van der Waals surface area contributed by atoms with E-state index >= 15 is 0 Å². The van der Waals surface area contributed by atoms with E-state index in [-0.39, 0.29) is 5.56 Å². The van der Waals surface area contributed by atoms with Gasteiger partial charge in [0, 0.05) is 11.3 Å². The van der Waals surface area contributed by atoms with Crippen LogP contribution in [0.1, 0.15) is 56.4 Å². The van der Waals surface area contributed by atoms with Crippen molar-refractivity contribution in [2.75, 3.05) is 0 Å². The van der Waals surface area contributed by atoms with E-state index in [4.69, 9.17) is 0 Å². The van der Waals surface area contributed by atoms with E-state index in [9.17, 15) is 4.79 Å². The summed E-state index contributed by atoms with van der Waals surface area (Å²) in [5, 5.41) is 0. The lowest BCUT2D eigenvalue weighted by molar-refractivity contribution is 0.726. The highest BCUT2D eigenvalue weighted by atomic mass is 16.1. The fourth-order valence-corrected chi connectivity index (χ4v) is 2.81. The zero-order valence-corrected chi connectivity index (χ0v) is 14.5. The first-order valence-electron chi connectivity index (χ1n) is 8.61. The monoisotopic (exact) mass is 309 g/mol. The summed E-state index contributed by atoms with van der Waals surface area (Å²) in [6.07, 6.45) is 6.40. The molecule has 0 spiro atoms. The molecule has 0 saturated heterocycles. The predicted octanol–water partition coefficient (Wildman–Crippen LogP) is 5.19. The van der Waals surface area contributed by atoms with Crippen LogP contribution in [0.2, 0.25) is 0 Å². The molecule has 0 amide bonds. The van der Waals surface area contributed by atoms with E-state index < -0.39 is 0 Å². The molecular formula is C21H27NO. The number of aryl methyl sites for hydroxylation is 1. The van der Waals surface area contributed by atoms with Crippen molar-refractivity contribution in [3.63, 3.8) is 0 Å². The van der Waals surface area contributed by atoms with Crippen LogP contribution >= 0.6 is 0 Å². The number of unbranched alkanes of at least 4 members (excludes halogenated alkanes) is 1. The molecule has 0 aliphatic heterocycles. The molecule has 23 heavy (non-hydrogen) atoms. The Labute approximate surface area is 139 Å². The predicted molar refractivity (Wildman–Crippen MR) is 98.8 cm³/mol. The summed E-state index contributed by atoms with van der Waals surface area (Å²) in [7, 11) is 0. The molecule has 0 saturated carbocycles. The third-order valence-corrected chi connectivity index (χ3v) is 4.12. The highest BCUT2D eigenvalue weighted by Gasteiger charge is 2.10. The summed E-state index contributed by atoms with van der Waals surface area (Å²) in [6.45, 7) is 6.97. The minimum Gasteiger partial charge on any atom is -0.308 e. The van der Waals surface area contributed by atoms with Crippen LogP contribution in [-0.4, -0.2) is 4.57 Å². The molecule has 0 N–H and O–H groups in total. The second kappa shape index (κ2) is 8.52. The number of pyridine rings is 1. The maximum Gasteiger partial charge on any atom is 0.258 e. The van der Waals surface area contributed by atoms with Crippen LogP contribution in [0.4, 0.5) is 0 Å². The fourth-order valence-electron chi connectivity index (χ4n) is 2.81. The van der Waals surface area contributed by atoms with Crippen molar-refractivity contribution >= 4 is 5.57 Å². The number of allylic oxidation sites excluding steroid dienone is 2. The van der Waals surface area contributed by atoms with Crippen LogP contribution in [0.3, 0.4) is 0 Å². The maximum absolute atomic E-state index is 13.0. The largest absolute Gasteiger partial charge is 0.308 e. The van der Waals surface area contributed by atoms with Gasteiger partial charge in [-0.15, -0.1) is 0 Å². The summed E-state index contributed by atoms with van der Waals surface area (Å²) < 4.78 is 1.89. The van der Waals surface area contributed by atoms with Crippen molar-refractivity contribution in [2.45, 2.75) is 53.0 Å². The lowest BCUT2D eigenvalue weighted by atomic mass is 10.0. The molecular weight excluding hydrogens is 282 g/mol. The van der Waals surface area contributed by atoms with Gasteiger partial charge in [0.2, 0.25) is 0 Å². The SMILES string of the molecule is CCC/C=C(\CCC)c1ccc(C)n(Cc2ccccc2)c1=O. The van der Waals surface area contributed by atoms with Gasteiger partial charge in [0.05, 0.1) is 6.54 Å². The number of hydrogen-bond donors (Lipinski definition) is 0. The summed E-state index contributed by atoms with van der Waals surface area (Å²) in [4.78, 5) is 13.0. The molecule has 122 valence electrons. The van der Waals surface area contributed by atoms with Gasteiger partial charge in [-0.25, -0.2) is 0 Å². The number of hydrogen-bond acceptors (Lipinski definition) is 1. The van der Waals surface area contributed by atoms with Crippen molar-refractivity contribution in [2.24, 2.45) is 0 Å². The van der Waals surface area contributed by atoms with Crippen LogP contribution in [0, 0.1) is 6.92 Å². The Hall–Kier alpha value is -2.09. The topological polar surface area (TPSA) is 22.0 Å². The van der Waals surface area contributed by atoms with Crippen molar-refractivity contribution in [1.82, 2.24) is 4.57 Å². The van der Waals surface area contributed by atoms with E-state index in [2.05, 4.69) is 38.1 Å². The van der Waals surface area contributed by atoms with Gasteiger partial charge in [-0.05, 0) is 43.0 Å². The van der Waals surface area contributed by atoms with Crippen LogP contribution in [-0.2, 0) is 6.54 Å². The molecule has 2 aromatic rings. The van der Waals surface area contributed by atoms with Crippen molar-refractivity contribution in [3.8, 4) is 0 Å². The average molecular weight is 309 g/mol. The number of rotatable bonds is 7. The minimum absolute atomic E-state index is 0.129. The summed E-state index contributed by atoms with van der Waals surface area (Å²) in [5.74, 6) is 0. The van der Waals surface area contributed by atoms with Gasteiger partial charge in [-0.3, -0.25) is 4.79 Å². The maximum atomic E-state index is 13.0. The molecule has 1 heterocycles. The molecule has 1 aromatic carbocycles. The summed E-state index contributed by atoms with van der Waals surface area (Å²) >= 11 is 0. The van der Waals surface area contributed by atoms with E-state index in [0.717, 1.165) is 42.5 Å². The highest BCUT2D eigenvalue weighted by molar-refractivity contribution is 5.64. The minimum atomic E-state index is 0.129. The first-order valence-corrected chi connectivity index (χ1v) is 8.61. The van der Waals surface area contributed by atoms with Gasteiger partial charge in [0.15, 0.2) is 0 Å². The van der Waals surface area contributed by atoms with Crippen molar-refractivity contribution < 1.29 is 0 Å². The first kappa shape index (κ1) is 17.3. The Balaban J connectivity index is 2.43. The van der Waals surface area contributed by atoms with Gasteiger partial charge in [0.25, 0.3) is 5.56 Å². The Morgan fingerprint density at radius 1 is 1.04 bits per heavy atom. The normalized spacial score (nSPS) is 11.7. The van der Waals surface area contributed by atoms with Crippen LogP contribution in [0.25, 0.3) is 5.57 Å². The Bertz CT molecular complexity index is 710. The Kier molecular flexibility index (Phi) is 6.40. The Morgan fingerprint density at radius 2 is 1.78 bits per heavy atom. The third-order valence-electron chi connectivity index (χ3n) is 4.12. The standard InChI is InChI=1S/C21H27NO/c1-4-6-13-19(10-5-2)20-15-14-17(3)22(21(20)23)16-18-11-8-7-9-12-18/h7-9,11-15H,4-6,10,16H2,1-3H3/b19-13+. The number of nitrogens with zero attached hydrogens (tertiary/aromatic N) is 1. The average Bonchev–Trinajstić information content (AvgIpc) is 2.57. The molecule has 1 aromatic heterocycles. The lowest BCUT2D eigenvalue weighted by Crippen LogP contribution is -2.25. The Morgan fingerprint density at radius 3 is 2.43 bits per heavy atom. The molecule has 2 heteroatoms. The van der Waals surface area contributed by atoms with E-state index in [1.165, 1.54) is 5.57 Å². The van der Waals surface area contributed by atoms with Crippen LogP contribution in [0.15, 0.2) is 53.3 Å². The van der Waals surface area contributed by atoms with Gasteiger partial charge >= 0.3 is 0 Å². The molecule has 0 aliphatic carbocycles. The van der Waals surface area contributed by atoms with E-state index in [1.807, 2.05) is 35.8 Å². The summed E-state index contributed by atoms with van der Waals surface area (Å²) in [5.41, 5.74) is 4.35. The van der Waals surface area contributed by atoms with Crippen molar-refractivity contribution in [1.29, 1.82) is 0 Å². The summed E-state index contributed by atoms with van der Waals surface area (Å²) in [6, 6.07) is 14.2. The molecule has 2 rings (SSSR count). The van der Waals surface area contributed by atoms with Gasteiger partial charge < -0.3 is 4.57 Å². The third kappa shape index (κ3) is 4.44. The molecule has 2 nitrogen and oxygen atoms in total. The van der Waals surface area contributed by atoms with Crippen LogP contribution in [0.5, 0.6) is 0 Å². The van der Waals surface area contributed by atoms with Crippen LogP contribution < -0.4 is 5.56 Å².